The molecule has 0 radical (unpaired) electrons. The van der Waals surface area contributed by atoms with Crippen LogP contribution in [0.3, 0.4) is 0 Å². The molecule has 1 aromatic heterocycles. The minimum atomic E-state index is -0.396. The Morgan fingerprint density at radius 2 is 2.22 bits per heavy atom. The van der Waals surface area contributed by atoms with Crippen LogP contribution in [0.15, 0.2) is 27.4 Å². The zero-order chi connectivity index (χ0) is 13.1. The number of hydrogen-bond acceptors (Lipinski definition) is 4. The first kappa shape index (κ1) is 12.9. The molecule has 0 bridgehead atoms. The summed E-state index contributed by atoms with van der Waals surface area (Å²) in [6.45, 7) is 2.67. The Hall–Kier alpha value is -1.52. The molecule has 0 amide bonds. The van der Waals surface area contributed by atoms with E-state index in [1.54, 1.807) is 25.1 Å². The van der Waals surface area contributed by atoms with Crippen LogP contribution in [0.4, 0.5) is 0 Å². The van der Waals surface area contributed by atoms with Crippen molar-refractivity contribution < 1.29 is 9.15 Å². The van der Waals surface area contributed by atoms with Gasteiger partial charge >= 0.3 is 5.63 Å². The van der Waals surface area contributed by atoms with Gasteiger partial charge in [-0.15, -0.1) is 0 Å². The molecule has 96 valence electrons. The fourth-order valence-electron chi connectivity index (χ4n) is 1.68. The summed E-state index contributed by atoms with van der Waals surface area (Å²) in [7, 11) is 0. The fraction of sp³-hybridized carbons (Fsp3) is 0.308. The van der Waals surface area contributed by atoms with E-state index in [0.717, 1.165) is 6.42 Å². The lowest BCUT2D eigenvalue weighted by Crippen LogP contribution is -2.11. The first-order chi connectivity index (χ1) is 8.63. The van der Waals surface area contributed by atoms with E-state index in [2.05, 4.69) is 0 Å². The van der Waals surface area contributed by atoms with Crippen molar-refractivity contribution in [3.8, 4) is 5.75 Å². The Balaban J connectivity index is 2.55. The number of halogens is 1. The maximum Gasteiger partial charge on any atom is 0.342 e. The van der Waals surface area contributed by atoms with Crippen LogP contribution in [0.1, 0.15) is 12.0 Å². The Morgan fingerprint density at radius 3 is 2.94 bits per heavy atom. The summed E-state index contributed by atoms with van der Waals surface area (Å²) in [6.07, 6.45) is 0.724. The quantitative estimate of drug-likeness (QED) is 0.683. The normalized spacial score (nSPS) is 10.8. The van der Waals surface area contributed by atoms with Crippen LogP contribution in [0.25, 0.3) is 11.0 Å². The van der Waals surface area contributed by atoms with Crippen LogP contribution >= 0.6 is 11.6 Å². The van der Waals surface area contributed by atoms with Gasteiger partial charge in [0.15, 0.2) is 0 Å². The number of fused-ring (bicyclic) bond motifs is 1. The van der Waals surface area contributed by atoms with Crippen molar-refractivity contribution in [3.63, 3.8) is 0 Å². The zero-order valence-corrected chi connectivity index (χ0v) is 10.8. The minimum Gasteiger partial charge on any atom is -0.492 e. The van der Waals surface area contributed by atoms with E-state index in [1.807, 2.05) is 0 Å². The maximum atomic E-state index is 11.7. The summed E-state index contributed by atoms with van der Waals surface area (Å²) in [6, 6.07) is 5.06. The predicted octanol–water partition coefficient (Wildman–Crippen LogP) is 2.48. The predicted molar refractivity (Wildman–Crippen MR) is 71.4 cm³/mol. The van der Waals surface area contributed by atoms with Crippen molar-refractivity contribution in [2.24, 2.45) is 5.73 Å². The average Bonchev–Trinajstić information content (AvgIpc) is 2.35. The summed E-state index contributed by atoms with van der Waals surface area (Å²) >= 11 is 5.95. The highest BCUT2D eigenvalue weighted by Crippen LogP contribution is 2.29. The molecule has 0 spiro atoms. The van der Waals surface area contributed by atoms with Gasteiger partial charge in [0.25, 0.3) is 0 Å². The van der Waals surface area contributed by atoms with Crippen molar-refractivity contribution in [1.82, 2.24) is 0 Å². The Morgan fingerprint density at radius 1 is 1.44 bits per heavy atom. The number of benzene rings is 1. The molecule has 0 atom stereocenters. The van der Waals surface area contributed by atoms with Gasteiger partial charge in [0.2, 0.25) is 0 Å². The number of nitrogens with two attached hydrogens (primary N) is 1. The number of hydrogen-bond donors (Lipinski definition) is 1. The summed E-state index contributed by atoms with van der Waals surface area (Å²) in [5, 5.41) is 1.27. The molecule has 0 aliphatic heterocycles. The van der Waals surface area contributed by atoms with E-state index in [0.29, 0.717) is 40.5 Å². The highest BCUT2D eigenvalue weighted by atomic mass is 35.5. The van der Waals surface area contributed by atoms with Gasteiger partial charge in [-0.05, 0) is 38.1 Å². The molecule has 1 heterocycles. The van der Waals surface area contributed by atoms with E-state index in [1.165, 1.54) is 0 Å². The third kappa shape index (κ3) is 2.49. The van der Waals surface area contributed by atoms with Gasteiger partial charge in [-0.25, -0.2) is 4.79 Å². The van der Waals surface area contributed by atoms with E-state index in [9.17, 15) is 4.79 Å². The molecule has 2 rings (SSSR count). The fourth-order valence-corrected chi connectivity index (χ4v) is 1.86. The summed E-state index contributed by atoms with van der Waals surface area (Å²) < 4.78 is 10.8. The number of rotatable bonds is 4. The third-order valence-electron chi connectivity index (χ3n) is 2.63. The molecular weight excluding hydrogens is 254 g/mol. The van der Waals surface area contributed by atoms with E-state index >= 15 is 0 Å². The van der Waals surface area contributed by atoms with Crippen LogP contribution in [0, 0.1) is 6.92 Å². The first-order valence-corrected chi connectivity index (χ1v) is 6.07. The largest absolute Gasteiger partial charge is 0.492 e. The van der Waals surface area contributed by atoms with Crippen molar-refractivity contribution in [2.75, 3.05) is 13.2 Å². The third-order valence-corrected chi connectivity index (χ3v) is 2.87. The molecule has 2 N–H and O–H groups in total. The van der Waals surface area contributed by atoms with Gasteiger partial charge in [0.1, 0.15) is 11.3 Å². The molecule has 0 saturated carbocycles. The highest BCUT2D eigenvalue weighted by Gasteiger charge is 2.12. The Labute approximate surface area is 109 Å². The van der Waals surface area contributed by atoms with Gasteiger partial charge in [-0.2, -0.15) is 0 Å². The number of ether oxygens (including phenoxy) is 1. The van der Waals surface area contributed by atoms with Crippen LogP contribution in [0.5, 0.6) is 5.75 Å². The summed E-state index contributed by atoms with van der Waals surface area (Å²) in [5.74, 6) is 0.525. The van der Waals surface area contributed by atoms with Crippen molar-refractivity contribution in [3.05, 3.63) is 39.2 Å². The molecule has 5 heteroatoms. The monoisotopic (exact) mass is 267 g/mol. The van der Waals surface area contributed by atoms with Crippen LogP contribution in [-0.2, 0) is 0 Å². The SMILES string of the molecule is Cc1c(OCCCN)c2cc(Cl)ccc2oc1=O. The van der Waals surface area contributed by atoms with Gasteiger partial charge in [0, 0.05) is 5.02 Å². The van der Waals surface area contributed by atoms with Crippen LogP contribution in [-0.4, -0.2) is 13.2 Å². The Kier molecular flexibility index (Phi) is 3.89. The lowest BCUT2D eigenvalue weighted by Gasteiger charge is -2.10. The van der Waals surface area contributed by atoms with Gasteiger partial charge < -0.3 is 14.9 Å². The summed E-state index contributed by atoms with van der Waals surface area (Å²) in [5.41, 5.74) is 5.94. The van der Waals surface area contributed by atoms with E-state index < -0.39 is 5.63 Å². The molecule has 0 fully saturated rings. The molecule has 0 aliphatic carbocycles. The first-order valence-electron chi connectivity index (χ1n) is 5.69. The molecule has 2 aromatic rings. The molecule has 0 aliphatic rings. The molecule has 4 nitrogen and oxygen atoms in total. The summed E-state index contributed by atoms with van der Waals surface area (Å²) in [4.78, 5) is 11.7. The van der Waals surface area contributed by atoms with Gasteiger partial charge in [-0.3, -0.25) is 0 Å². The smallest absolute Gasteiger partial charge is 0.342 e. The molecular formula is C13H14ClNO3. The molecule has 1 aromatic carbocycles. The van der Waals surface area contributed by atoms with E-state index in [4.69, 9.17) is 26.5 Å². The highest BCUT2D eigenvalue weighted by molar-refractivity contribution is 6.31. The maximum absolute atomic E-state index is 11.7. The standard InChI is InChI=1S/C13H14ClNO3/c1-8-12(17-6-2-5-15)10-7-9(14)3-4-11(10)18-13(8)16/h3-4,7H,2,5-6,15H2,1H3. The van der Waals surface area contributed by atoms with Crippen molar-refractivity contribution >= 4 is 22.6 Å². The zero-order valence-electron chi connectivity index (χ0n) is 10.0. The lowest BCUT2D eigenvalue weighted by atomic mass is 10.1. The van der Waals surface area contributed by atoms with Gasteiger partial charge in [0.05, 0.1) is 17.6 Å². The molecule has 0 unspecified atom stereocenters. The van der Waals surface area contributed by atoms with Crippen LogP contribution < -0.4 is 16.1 Å². The van der Waals surface area contributed by atoms with E-state index in [-0.39, 0.29) is 0 Å². The molecule has 18 heavy (non-hydrogen) atoms. The van der Waals surface area contributed by atoms with Crippen molar-refractivity contribution in [1.29, 1.82) is 0 Å². The Bertz CT molecular complexity index is 621. The van der Waals surface area contributed by atoms with Crippen LogP contribution in [0.2, 0.25) is 5.02 Å². The second kappa shape index (κ2) is 5.42. The average molecular weight is 268 g/mol. The minimum absolute atomic E-state index is 0.396. The van der Waals surface area contributed by atoms with Gasteiger partial charge in [-0.1, -0.05) is 11.6 Å². The topological polar surface area (TPSA) is 65.5 Å². The molecule has 0 saturated heterocycles. The lowest BCUT2D eigenvalue weighted by molar-refractivity contribution is 0.312. The second-order valence-corrected chi connectivity index (χ2v) is 4.41. The van der Waals surface area contributed by atoms with Crippen molar-refractivity contribution in [2.45, 2.75) is 13.3 Å². The second-order valence-electron chi connectivity index (χ2n) is 3.97.